The number of rotatable bonds is 2. The SMILES string of the molecule is COc1ccc2oc(OC)c(O)c2c1N. The van der Waals surface area contributed by atoms with Crippen molar-refractivity contribution >= 4 is 16.7 Å². The summed E-state index contributed by atoms with van der Waals surface area (Å²) in [6.07, 6.45) is 0. The van der Waals surface area contributed by atoms with Crippen molar-refractivity contribution in [3.63, 3.8) is 0 Å². The third-order valence-corrected chi connectivity index (χ3v) is 2.21. The van der Waals surface area contributed by atoms with Gasteiger partial charge in [0.25, 0.3) is 0 Å². The zero-order valence-electron chi connectivity index (χ0n) is 8.40. The molecule has 5 heteroatoms. The number of benzene rings is 1. The average molecular weight is 209 g/mol. The zero-order chi connectivity index (χ0) is 11.0. The largest absolute Gasteiger partial charge is 0.501 e. The maximum Gasteiger partial charge on any atom is 0.329 e. The molecule has 0 saturated carbocycles. The van der Waals surface area contributed by atoms with Gasteiger partial charge in [-0.05, 0) is 12.1 Å². The highest BCUT2D eigenvalue weighted by Crippen LogP contribution is 2.43. The third kappa shape index (κ3) is 1.24. The zero-order valence-corrected chi connectivity index (χ0v) is 8.40. The Labute approximate surface area is 86.0 Å². The number of anilines is 1. The summed E-state index contributed by atoms with van der Waals surface area (Å²) in [6, 6.07) is 3.33. The van der Waals surface area contributed by atoms with Gasteiger partial charge in [0.1, 0.15) is 11.3 Å². The fraction of sp³-hybridized carbons (Fsp3) is 0.200. The highest BCUT2D eigenvalue weighted by atomic mass is 16.6. The number of hydrogen-bond donors (Lipinski definition) is 2. The summed E-state index contributed by atoms with van der Waals surface area (Å²) in [5, 5.41) is 10.1. The lowest BCUT2D eigenvalue weighted by Crippen LogP contribution is -1.92. The Morgan fingerprint density at radius 2 is 2.00 bits per heavy atom. The van der Waals surface area contributed by atoms with Crippen LogP contribution in [0.5, 0.6) is 17.4 Å². The van der Waals surface area contributed by atoms with Crippen molar-refractivity contribution in [2.75, 3.05) is 20.0 Å². The molecule has 0 bridgehead atoms. The van der Waals surface area contributed by atoms with Gasteiger partial charge in [0.05, 0.1) is 25.3 Å². The fourth-order valence-corrected chi connectivity index (χ4v) is 1.48. The van der Waals surface area contributed by atoms with E-state index in [1.165, 1.54) is 14.2 Å². The molecule has 0 unspecified atom stereocenters. The molecule has 0 radical (unpaired) electrons. The van der Waals surface area contributed by atoms with Gasteiger partial charge >= 0.3 is 5.95 Å². The molecule has 0 atom stereocenters. The third-order valence-electron chi connectivity index (χ3n) is 2.21. The fourth-order valence-electron chi connectivity index (χ4n) is 1.48. The molecule has 1 aromatic heterocycles. The van der Waals surface area contributed by atoms with Crippen molar-refractivity contribution in [2.24, 2.45) is 0 Å². The van der Waals surface area contributed by atoms with Gasteiger partial charge in [-0.15, -0.1) is 0 Å². The first-order valence-corrected chi connectivity index (χ1v) is 4.31. The summed E-state index contributed by atoms with van der Waals surface area (Å²) in [7, 11) is 2.91. The Morgan fingerprint density at radius 1 is 1.27 bits per heavy atom. The number of ether oxygens (including phenoxy) is 2. The second-order valence-electron chi connectivity index (χ2n) is 3.00. The van der Waals surface area contributed by atoms with Crippen LogP contribution in [-0.2, 0) is 0 Å². The van der Waals surface area contributed by atoms with Crippen LogP contribution in [0.4, 0.5) is 5.69 Å². The molecule has 2 rings (SSSR count). The average Bonchev–Trinajstić information content (AvgIpc) is 2.57. The minimum Gasteiger partial charge on any atom is -0.501 e. The second-order valence-corrected chi connectivity index (χ2v) is 3.00. The molecule has 1 heterocycles. The van der Waals surface area contributed by atoms with Crippen LogP contribution in [-0.4, -0.2) is 19.3 Å². The van der Waals surface area contributed by atoms with Crippen LogP contribution in [0.25, 0.3) is 11.0 Å². The van der Waals surface area contributed by atoms with Crippen molar-refractivity contribution < 1.29 is 19.0 Å². The summed E-state index contributed by atoms with van der Waals surface area (Å²) < 4.78 is 15.1. The molecule has 0 aliphatic carbocycles. The molecule has 0 amide bonds. The van der Waals surface area contributed by atoms with E-state index in [2.05, 4.69) is 0 Å². The van der Waals surface area contributed by atoms with Crippen molar-refractivity contribution in [1.29, 1.82) is 0 Å². The van der Waals surface area contributed by atoms with Crippen molar-refractivity contribution in [3.05, 3.63) is 12.1 Å². The number of hydrogen-bond acceptors (Lipinski definition) is 5. The molecule has 0 aliphatic heterocycles. The van der Waals surface area contributed by atoms with Gasteiger partial charge in [-0.2, -0.15) is 0 Å². The summed E-state index contributed by atoms with van der Waals surface area (Å²) >= 11 is 0. The van der Waals surface area contributed by atoms with Crippen LogP contribution < -0.4 is 15.2 Å². The van der Waals surface area contributed by atoms with Crippen molar-refractivity contribution in [2.45, 2.75) is 0 Å². The van der Waals surface area contributed by atoms with Gasteiger partial charge in [0.2, 0.25) is 5.75 Å². The molecule has 2 aromatic rings. The molecule has 15 heavy (non-hydrogen) atoms. The lowest BCUT2D eigenvalue weighted by molar-refractivity contribution is 0.293. The highest BCUT2D eigenvalue weighted by molar-refractivity contribution is 5.99. The Balaban J connectivity index is 2.79. The minimum absolute atomic E-state index is 0.0463. The van der Waals surface area contributed by atoms with Crippen molar-refractivity contribution in [3.8, 4) is 17.4 Å². The molecular weight excluding hydrogens is 198 g/mol. The molecule has 0 saturated heterocycles. The van der Waals surface area contributed by atoms with Gasteiger partial charge in [-0.3, -0.25) is 0 Å². The monoisotopic (exact) mass is 209 g/mol. The highest BCUT2D eigenvalue weighted by Gasteiger charge is 2.18. The van der Waals surface area contributed by atoms with Gasteiger partial charge in [-0.1, -0.05) is 0 Å². The van der Waals surface area contributed by atoms with Gasteiger partial charge in [0, 0.05) is 0 Å². The van der Waals surface area contributed by atoms with Crippen molar-refractivity contribution in [1.82, 2.24) is 0 Å². The minimum atomic E-state index is -0.107. The van der Waals surface area contributed by atoms with E-state index >= 15 is 0 Å². The van der Waals surface area contributed by atoms with Gasteiger partial charge in [0.15, 0.2) is 0 Å². The number of furan rings is 1. The lowest BCUT2D eigenvalue weighted by atomic mass is 10.2. The van der Waals surface area contributed by atoms with E-state index in [4.69, 9.17) is 19.6 Å². The quantitative estimate of drug-likeness (QED) is 0.736. The predicted molar refractivity (Wildman–Crippen MR) is 55.4 cm³/mol. The maximum absolute atomic E-state index is 9.74. The Bertz CT molecular complexity index is 502. The molecule has 80 valence electrons. The van der Waals surface area contributed by atoms with Crippen LogP contribution in [0, 0.1) is 0 Å². The van der Waals surface area contributed by atoms with Crippen LogP contribution >= 0.6 is 0 Å². The van der Waals surface area contributed by atoms with E-state index in [9.17, 15) is 5.11 Å². The molecule has 3 N–H and O–H groups in total. The number of methoxy groups -OCH3 is 2. The maximum atomic E-state index is 9.74. The lowest BCUT2D eigenvalue weighted by Gasteiger charge is -2.03. The van der Waals surface area contributed by atoms with E-state index in [1.807, 2.05) is 0 Å². The van der Waals surface area contributed by atoms with Gasteiger partial charge in [-0.25, -0.2) is 0 Å². The van der Waals surface area contributed by atoms with E-state index in [-0.39, 0.29) is 11.7 Å². The van der Waals surface area contributed by atoms with E-state index in [0.717, 1.165) is 0 Å². The Morgan fingerprint density at radius 3 is 2.60 bits per heavy atom. The summed E-state index contributed by atoms with van der Waals surface area (Å²) in [4.78, 5) is 0. The van der Waals surface area contributed by atoms with E-state index in [1.54, 1.807) is 12.1 Å². The molecule has 0 fully saturated rings. The molecular formula is C10H11NO4. The molecule has 0 spiro atoms. The number of nitrogens with two attached hydrogens (primary N) is 1. The summed E-state index contributed by atoms with van der Waals surface area (Å²) in [5.74, 6) is 0.426. The summed E-state index contributed by atoms with van der Waals surface area (Å²) in [5.41, 5.74) is 6.59. The number of nitrogen functional groups attached to an aromatic ring is 1. The van der Waals surface area contributed by atoms with Crippen LogP contribution in [0.3, 0.4) is 0 Å². The number of aromatic hydroxyl groups is 1. The first-order valence-electron chi connectivity index (χ1n) is 4.31. The van der Waals surface area contributed by atoms with Crippen LogP contribution in [0.2, 0.25) is 0 Å². The second kappa shape index (κ2) is 3.27. The van der Waals surface area contributed by atoms with E-state index < -0.39 is 0 Å². The predicted octanol–water partition coefficient (Wildman–Crippen LogP) is 1.74. The molecule has 5 nitrogen and oxygen atoms in total. The first-order chi connectivity index (χ1) is 7.19. The molecule has 1 aromatic carbocycles. The molecule has 0 aliphatic rings. The topological polar surface area (TPSA) is 77.8 Å². The smallest absolute Gasteiger partial charge is 0.329 e. The van der Waals surface area contributed by atoms with Crippen LogP contribution in [0.15, 0.2) is 16.5 Å². The Kier molecular flexibility index (Phi) is 2.07. The standard InChI is InChI=1S/C10H11NO4/c1-13-6-4-3-5-7(8(6)11)9(12)10(14-2)15-5/h3-4,12H,11H2,1-2H3. The Hall–Kier alpha value is -2.04. The normalized spacial score (nSPS) is 10.5. The van der Waals surface area contributed by atoms with E-state index in [0.29, 0.717) is 22.4 Å². The first kappa shape index (κ1) is 9.51. The number of fused-ring (bicyclic) bond motifs is 1. The van der Waals surface area contributed by atoms with Gasteiger partial charge < -0.3 is 24.7 Å². The summed E-state index contributed by atoms with van der Waals surface area (Å²) in [6.45, 7) is 0. The van der Waals surface area contributed by atoms with Crippen LogP contribution in [0.1, 0.15) is 0 Å².